The van der Waals surface area contributed by atoms with Gasteiger partial charge in [-0.15, -0.1) is 15.0 Å². The van der Waals surface area contributed by atoms with Crippen molar-refractivity contribution in [2.75, 3.05) is 21.3 Å². The molecule has 0 unspecified atom stereocenters. The van der Waals surface area contributed by atoms with Gasteiger partial charge in [-0.1, -0.05) is 18.2 Å². The number of aromatic nitrogens is 3. The van der Waals surface area contributed by atoms with Crippen molar-refractivity contribution in [2.24, 2.45) is 0 Å². The number of nitriles is 3. The van der Waals surface area contributed by atoms with Gasteiger partial charge in [-0.05, 0) is 53.1 Å². The minimum absolute atomic E-state index is 0.179. The molecule has 0 saturated carbocycles. The lowest BCUT2D eigenvalue weighted by Crippen LogP contribution is -2.03. The van der Waals surface area contributed by atoms with Gasteiger partial charge in [-0.25, -0.2) is 0 Å². The first-order valence-electron chi connectivity index (χ1n) is 12.4. The van der Waals surface area contributed by atoms with Crippen LogP contribution in [0.1, 0.15) is 16.7 Å². The molecule has 3 aromatic carbocycles. The van der Waals surface area contributed by atoms with Crippen molar-refractivity contribution in [1.82, 2.24) is 15.0 Å². The van der Waals surface area contributed by atoms with E-state index in [1.54, 1.807) is 54.6 Å². The number of nitrogens with zero attached hydrogens (tertiary/aromatic N) is 6. The van der Waals surface area contributed by atoms with E-state index in [-0.39, 0.29) is 54.5 Å². The van der Waals surface area contributed by atoms with Crippen LogP contribution in [0.4, 0.5) is 0 Å². The minimum atomic E-state index is -0.179. The first kappa shape index (κ1) is 28.9. The Hall–Kier alpha value is -6.06. The van der Waals surface area contributed by atoms with Crippen LogP contribution in [0.3, 0.4) is 0 Å². The predicted octanol–water partition coefficient (Wildman–Crippen LogP) is 5.47. The summed E-state index contributed by atoms with van der Waals surface area (Å²) in [4.78, 5) is 12.9. The van der Waals surface area contributed by atoms with Crippen molar-refractivity contribution in [3.8, 4) is 70.7 Å². The van der Waals surface area contributed by atoms with Crippen molar-refractivity contribution in [2.45, 2.75) is 19.3 Å². The summed E-state index contributed by atoms with van der Waals surface area (Å²) in [6, 6.07) is 20.8. The number of hydrogen-bond acceptors (Lipinski definition) is 12. The van der Waals surface area contributed by atoms with Crippen molar-refractivity contribution >= 4 is 0 Å². The lowest BCUT2D eigenvalue weighted by atomic mass is 10.1. The Morgan fingerprint density at radius 2 is 0.762 bits per heavy atom. The second kappa shape index (κ2) is 13.8. The van der Waals surface area contributed by atoms with Gasteiger partial charge in [0.15, 0.2) is 34.5 Å². The zero-order valence-corrected chi connectivity index (χ0v) is 23.0. The summed E-state index contributed by atoms with van der Waals surface area (Å²) >= 11 is 0. The number of rotatable bonds is 12. The maximum atomic E-state index is 9.03. The number of ether oxygens (including phenoxy) is 6. The SMILES string of the molecule is COc1cc(CC#N)ccc1Oc1nc(Oc2ccc(CC#N)cc2OC)nc(Oc2ccc(CC#N)cc2OC)n1. The van der Waals surface area contributed by atoms with Crippen molar-refractivity contribution < 1.29 is 28.4 Å². The third-order valence-corrected chi connectivity index (χ3v) is 5.71. The monoisotopic (exact) mass is 564 g/mol. The van der Waals surface area contributed by atoms with Crippen molar-refractivity contribution in [3.05, 3.63) is 71.3 Å². The highest BCUT2D eigenvalue weighted by molar-refractivity contribution is 5.47. The predicted molar refractivity (Wildman–Crippen MR) is 147 cm³/mol. The quantitative estimate of drug-likeness (QED) is 0.213. The van der Waals surface area contributed by atoms with E-state index < -0.39 is 0 Å². The molecule has 0 bridgehead atoms. The Kier molecular flexibility index (Phi) is 9.53. The van der Waals surface area contributed by atoms with Gasteiger partial charge in [0.25, 0.3) is 0 Å². The highest BCUT2D eigenvalue weighted by Gasteiger charge is 2.18. The molecule has 0 radical (unpaired) electrons. The number of benzene rings is 3. The van der Waals surface area contributed by atoms with Crippen molar-refractivity contribution in [3.63, 3.8) is 0 Å². The third-order valence-electron chi connectivity index (χ3n) is 5.71. The molecule has 42 heavy (non-hydrogen) atoms. The first-order valence-corrected chi connectivity index (χ1v) is 12.4. The topological polar surface area (TPSA) is 165 Å². The first-order chi connectivity index (χ1) is 20.5. The molecule has 4 aromatic rings. The maximum Gasteiger partial charge on any atom is 0.331 e. The Morgan fingerprint density at radius 3 is 1.00 bits per heavy atom. The Bertz CT molecular complexity index is 1500. The van der Waals surface area contributed by atoms with Crippen LogP contribution < -0.4 is 28.4 Å². The Morgan fingerprint density at radius 1 is 0.476 bits per heavy atom. The van der Waals surface area contributed by atoms with E-state index in [0.717, 1.165) is 16.7 Å². The molecule has 0 spiro atoms. The fourth-order valence-electron chi connectivity index (χ4n) is 3.75. The highest BCUT2D eigenvalue weighted by atomic mass is 16.6. The highest BCUT2D eigenvalue weighted by Crippen LogP contribution is 2.37. The van der Waals surface area contributed by atoms with Crippen LogP contribution in [-0.4, -0.2) is 36.3 Å². The molecule has 0 fully saturated rings. The van der Waals surface area contributed by atoms with Gasteiger partial charge in [-0.3, -0.25) is 0 Å². The van der Waals surface area contributed by atoms with Gasteiger partial charge in [0.1, 0.15) is 0 Å². The molecule has 1 heterocycles. The molecule has 1 aromatic heterocycles. The zero-order chi connectivity index (χ0) is 29.9. The average molecular weight is 565 g/mol. The van der Waals surface area contributed by atoms with Gasteiger partial charge in [0, 0.05) is 0 Å². The lowest BCUT2D eigenvalue weighted by Gasteiger charge is -2.14. The summed E-state index contributed by atoms with van der Waals surface area (Å²) in [5, 5.41) is 27.1. The minimum Gasteiger partial charge on any atom is -0.493 e. The smallest absolute Gasteiger partial charge is 0.331 e. The third kappa shape index (κ3) is 7.12. The molecule has 210 valence electrons. The van der Waals surface area contributed by atoms with E-state index >= 15 is 0 Å². The summed E-state index contributed by atoms with van der Waals surface area (Å²) in [5.41, 5.74) is 2.22. The number of hydrogen-bond donors (Lipinski definition) is 0. The van der Waals surface area contributed by atoms with Gasteiger partial charge < -0.3 is 28.4 Å². The van der Waals surface area contributed by atoms with Crippen LogP contribution in [0.5, 0.6) is 52.5 Å². The molecule has 0 N–H and O–H groups in total. The molecule has 0 aliphatic carbocycles. The van der Waals surface area contributed by atoms with Crippen LogP contribution in [-0.2, 0) is 19.3 Å². The van der Waals surface area contributed by atoms with E-state index in [0.29, 0.717) is 17.2 Å². The van der Waals surface area contributed by atoms with Gasteiger partial charge in [0.05, 0.1) is 58.8 Å². The summed E-state index contributed by atoms with van der Waals surface area (Å²) in [5.74, 6) is 1.91. The Balaban J connectivity index is 1.73. The molecule has 4 rings (SSSR count). The summed E-state index contributed by atoms with van der Waals surface area (Å²) in [6.07, 6.45) is 0.590. The van der Waals surface area contributed by atoms with Crippen LogP contribution in [0.2, 0.25) is 0 Å². The van der Waals surface area contributed by atoms with Crippen LogP contribution in [0, 0.1) is 34.0 Å². The van der Waals surface area contributed by atoms with Gasteiger partial charge >= 0.3 is 18.0 Å². The van der Waals surface area contributed by atoms with Crippen LogP contribution in [0.15, 0.2) is 54.6 Å². The normalized spacial score (nSPS) is 10.0. The molecule has 12 heteroatoms. The van der Waals surface area contributed by atoms with Gasteiger partial charge in [0.2, 0.25) is 0 Å². The molecule has 0 aliphatic rings. The van der Waals surface area contributed by atoms with E-state index in [2.05, 4.69) is 33.2 Å². The largest absolute Gasteiger partial charge is 0.493 e. The van der Waals surface area contributed by atoms with Gasteiger partial charge in [-0.2, -0.15) is 15.8 Å². The number of methoxy groups -OCH3 is 3. The zero-order valence-electron chi connectivity index (χ0n) is 23.0. The molecule has 0 amide bonds. The summed E-state index contributed by atoms with van der Waals surface area (Å²) < 4.78 is 34.1. The molecular weight excluding hydrogens is 540 g/mol. The fourth-order valence-corrected chi connectivity index (χ4v) is 3.75. The standard InChI is InChI=1S/C30H24N6O6/c1-37-25-16-19(10-13-31)4-7-22(25)40-28-34-29(41-23-8-5-20(11-14-32)17-26(23)38-2)36-30(35-28)42-24-9-6-21(12-15-33)18-27(24)39-3/h4-9,16-18H,10-12H2,1-3H3. The summed E-state index contributed by atoms with van der Waals surface area (Å²) in [6.45, 7) is 0. The molecule has 0 atom stereocenters. The maximum absolute atomic E-state index is 9.03. The Labute approximate surface area is 241 Å². The molecular formula is C30H24N6O6. The molecule has 0 saturated heterocycles. The van der Waals surface area contributed by atoms with E-state index in [1.807, 2.05) is 0 Å². The lowest BCUT2D eigenvalue weighted by molar-refractivity contribution is 0.327. The van der Waals surface area contributed by atoms with Crippen molar-refractivity contribution in [1.29, 1.82) is 15.8 Å². The second-order valence-electron chi connectivity index (χ2n) is 8.45. The van der Waals surface area contributed by atoms with Crippen LogP contribution >= 0.6 is 0 Å². The second-order valence-corrected chi connectivity index (χ2v) is 8.45. The molecule has 12 nitrogen and oxygen atoms in total. The van der Waals surface area contributed by atoms with E-state index in [9.17, 15) is 0 Å². The fraction of sp³-hybridized carbons (Fsp3) is 0.200. The molecule has 0 aliphatic heterocycles. The van der Waals surface area contributed by atoms with Crippen LogP contribution in [0.25, 0.3) is 0 Å². The van der Waals surface area contributed by atoms with E-state index in [1.165, 1.54) is 21.3 Å². The van der Waals surface area contributed by atoms with E-state index in [4.69, 9.17) is 44.2 Å². The average Bonchev–Trinajstić information content (AvgIpc) is 2.99. The summed E-state index contributed by atoms with van der Waals surface area (Å²) in [7, 11) is 4.41.